The SMILES string of the molecule is CNc1nc(N)nc2c1ncn2[C@@H]1O[C@H](CO[PH](=S)N(Oc2ccccc2)[C@H](C)C(=O)OC(C)C)[C@@H](O)[C@@]1(C)F. The summed E-state index contributed by atoms with van der Waals surface area (Å²) in [6, 6.07) is 7.84. The van der Waals surface area contributed by atoms with E-state index in [9.17, 15) is 9.90 Å². The molecule has 16 heteroatoms. The molecule has 4 N–H and O–H groups in total. The minimum absolute atomic E-state index is 0.0421. The van der Waals surface area contributed by atoms with E-state index >= 15 is 4.39 Å². The Kier molecular flexibility index (Phi) is 9.22. The lowest BCUT2D eigenvalue weighted by molar-refractivity contribution is -0.158. The Hall–Kier alpha value is -2.94. The normalized spacial score (nSPS) is 24.4. The van der Waals surface area contributed by atoms with Gasteiger partial charge in [-0.05, 0) is 39.8 Å². The summed E-state index contributed by atoms with van der Waals surface area (Å²) in [4.78, 5) is 32.4. The zero-order valence-corrected chi connectivity index (χ0v) is 24.5. The van der Waals surface area contributed by atoms with Gasteiger partial charge in [0, 0.05) is 7.05 Å². The van der Waals surface area contributed by atoms with Gasteiger partial charge in [-0.2, -0.15) is 9.97 Å². The quantitative estimate of drug-likeness (QED) is 0.168. The van der Waals surface area contributed by atoms with Crippen molar-refractivity contribution in [1.82, 2.24) is 24.4 Å². The van der Waals surface area contributed by atoms with Crippen molar-refractivity contribution in [2.45, 2.75) is 63.9 Å². The van der Waals surface area contributed by atoms with Crippen LogP contribution in [-0.2, 0) is 30.6 Å². The van der Waals surface area contributed by atoms with Crippen LogP contribution in [0.5, 0.6) is 5.75 Å². The van der Waals surface area contributed by atoms with Crippen molar-refractivity contribution in [3.63, 3.8) is 0 Å². The molecular formula is C24H33FN7O6PS. The predicted molar refractivity (Wildman–Crippen MR) is 150 cm³/mol. The number of nitrogens with zero attached hydrogens (tertiary/aromatic N) is 5. The van der Waals surface area contributed by atoms with Gasteiger partial charge in [-0.25, -0.2) is 9.37 Å². The molecule has 0 amide bonds. The van der Waals surface area contributed by atoms with Gasteiger partial charge in [-0.3, -0.25) is 9.36 Å². The summed E-state index contributed by atoms with van der Waals surface area (Å²) in [5, 5.41) is 13.7. The van der Waals surface area contributed by atoms with E-state index in [0.717, 1.165) is 0 Å². The van der Waals surface area contributed by atoms with E-state index in [1.165, 1.54) is 22.7 Å². The van der Waals surface area contributed by atoms with Crippen molar-refractivity contribution in [2.75, 3.05) is 24.7 Å². The van der Waals surface area contributed by atoms with E-state index in [4.69, 9.17) is 36.4 Å². The molecule has 0 spiro atoms. The zero-order chi connectivity index (χ0) is 29.2. The summed E-state index contributed by atoms with van der Waals surface area (Å²) < 4.78 is 34.4. The third kappa shape index (κ3) is 6.19. The highest BCUT2D eigenvalue weighted by atomic mass is 32.4. The molecule has 1 aliphatic heterocycles. The van der Waals surface area contributed by atoms with Gasteiger partial charge in [-0.15, -0.1) is 0 Å². The first-order valence-electron chi connectivity index (χ1n) is 12.5. The number of carbonyl (C=O) groups excluding carboxylic acids is 1. The molecule has 40 heavy (non-hydrogen) atoms. The van der Waals surface area contributed by atoms with Crippen LogP contribution in [0.1, 0.15) is 33.9 Å². The number of imidazole rings is 1. The number of esters is 1. The lowest BCUT2D eigenvalue weighted by Crippen LogP contribution is -2.41. The number of fused-ring (bicyclic) bond motifs is 1. The number of aromatic nitrogens is 4. The number of nitrogens with one attached hydrogen (secondary N) is 1. The van der Waals surface area contributed by atoms with Gasteiger partial charge in [0.1, 0.15) is 24.0 Å². The second-order valence-corrected chi connectivity index (χ2v) is 11.9. The first-order chi connectivity index (χ1) is 18.9. The van der Waals surface area contributed by atoms with Crippen molar-refractivity contribution in [3.8, 4) is 5.75 Å². The number of para-hydroxylation sites is 1. The Labute approximate surface area is 236 Å². The average Bonchev–Trinajstić information content (AvgIpc) is 3.42. The minimum Gasteiger partial charge on any atom is -0.462 e. The number of rotatable bonds is 11. The molecule has 1 unspecified atom stereocenters. The standard InChI is InChI=1S/C24H33FN7O6PS/c1-13(2)36-21(34)14(3)32(38-15-9-7-6-8-10-15)39(40)35-11-16-18(33)24(4,25)22(37-16)31-12-28-17-19(27-5)29-23(26)30-20(17)31/h6-10,12-14,16,18,22,33,39H,11H2,1-5H3,(H3,26,27,29,30)/t14-,16-,18-,22-,24-/m1/s1. The van der Waals surface area contributed by atoms with Crippen LogP contribution < -0.4 is 15.9 Å². The molecule has 3 heterocycles. The summed E-state index contributed by atoms with van der Waals surface area (Å²) in [7, 11) is -0.812. The number of ether oxygens (including phenoxy) is 2. The van der Waals surface area contributed by atoms with Gasteiger partial charge >= 0.3 is 5.97 Å². The van der Waals surface area contributed by atoms with Crippen molar-refractivity contribution in [3.05, 3.63) is 36.7 Å². The molecule has 2 aromatic heterocycles. The molecule has 0 radical (unpaired) electrons. The zero-order valence-electron chi connectivity index (χ0n) is 22.6. The Bertz CT molecular complexity index is 1360. The molecular weight excluding hydrogens is 564 g/mol. The number of nitrogen functional groups attached to an aromatic ring is 1. The van der Waals surface area contributed by atoms with Gasteiger partial charge in [0.2, 0.25) is 5.95 Å². The third-order valence-electron chi connectivity index (χ3n) is 6.19. The predicted octanol–water partition coefficient (Wildman–Crippen LogP) is 2.60. The maximum absolute atomic E-state index is 15.9. The van der Waals surface area contributed by atoms with Crippen molar-refractivity contribution in [2.24, 2.45) is 0 Å². The number of hydrogen-bond acceptors (Lipinski definition) is 12. The van der Waals surface area contributed by atoms with E-state index < -0.39 is 43.2 Å². The van der Waals surface area contributed by atoms with Crippen molar-refractivity contribution >= 4 is 47.8 Å². The van der Waals surface area contributed by atoms with Crippen molar-refractivity contribution < 1.29 is 33.1 Å². The van der Waals surface area contributed by atoms with Crippen LogP contribution in [0.25, 0.3) is 11.2 Å². The van der Waals surface area contributed by atoms with E-state index in [1.54, 1.807) is 52.1 Å². The monoisotopic (exact) mass is 597 g/mol. The molecule has 4 rings (SSSR count). The second kappa shape index (κ2) is 12.3. The van der Waals surface area contributed by atoms with Gasteiger partial charge < -0.3 is 35.0 Å². The number of benzene rings is 1. The molecule has 218 valence electrons. The molecule has 1 aromatic carbocycles. The molecule has 1 saturated heterocycles. The number of anilines is 2. The highest BCUT2D eigenvalue weighted by molar-refractivity contribution is 8.01. The summed E-state index contributed by atoms with van der Waals surface area (Å²) in [6.07, 6.45) is -3.01. The number of hydroxylamine groups is 1. The van der Waals surface area contributed by atoms with Crippen LogP contribution in [0.4, 0.5) is 16.2 Å². The van der Waals surface area contributed by atoms with Gasteiger partial charge in [0.05, 0.1) is 19.0 Å². The van der Waals surface area contributed by atoms with Gasteiger partial charge in [0.15, 0.2) is 36.0 Å². The van der Waals surface area contributed by atoms with Crippen molar-refractivity contribution in [1.29, 1.82) is 0 Å². The van der Waals surface area contributed by atoms with Gasteiger partial charge in [0.25, 0.3) is 0 Å². The minimum atomic E-state index is -2.46. The number of carbonyl (C=O) groups is 1. The third-order valence-corrected chi connectivity index (χ3v) is 8.33. The molecule has 6 atom stereocenters. The number of aliphatic hydroxyl groups is 1. The van der Waals surface area contributed by atoms with Crippen LogP contribution in [-0.4, -0.2) is 79.1 Å². The fourth-order valence-corrected chi connectivity index (χ4v) is 5.97. The van der Waals surface area contributed by atoms with Crippen LogP contribution in [0.2, 0.25) is 0 Å². The number of nitrogens with two attached hydrogens (primary N) is 1. The lowest BCUT2D eigenvalue weighted by atomic mass is 9.98. The molecule has 3 aromatic rings. The highest BCUT2D eigenvalue weighted by Gasteiger charge is 2.55. The smallest absolute Gasteiger partial charge is 0.327 e. The second-order valence-electron chi connectivity index (χ2n) is 9.60. The maximum atomic E-state index is 15.9. The van der Waals surface area contributed by atoms with Gasteiger partial charge in [-0.1, -0.05) is 34.8 Å². The number of halogens is 1. The average molecular weight is 598 g/mol. The van der Waals surface area contributed by atoms with E-state index in [0.29, 0.717) is 17.1 Å². The highest BCUT2D eigenvalue weighted by Crippen LogP contribution is 2.44. The number of hydrogen-bond donors (Lipinski definition) is 3. The Morgan fingerprint density at radius 1 is 1.35 bits per heavy atom. The topological polar surface area (TPSA) is 159 Å². The summed E-state index contributed by atoms with van der Waals surface area (Å²) in [5.41, 5.74) is 4.15. The fraction of sp³-hybridized carbons (Fsp3) is 0.500. The van der Waals surface area contributed by atoms with E-state index in [1.807, 2.05) is 6.07 Å². The fourth-order valence-electron chi connectivity index (χ4n) is 4.14. The Balaban J connectivity index is 1.52. The van der Waals surface area contributed by atoms with Crippen LogP contribution >= 0.6 is 7.07 Å². The first-order valence-corrected chi connectivity index (χ1v) is 15.0. The molecule has 0 aliphatic carbocycles. The Morgan fingerprint density at radius 3 is 2.70 bits per heavy atom. The molecule has 13 nitrogen and oxygen atoms in total. The molecule has 1 aliphatic rings. The van der Waals surface area contributed by atoms with Crippen LogP contribution in [0.15, 0.2) is 36.7 Å². The first kappa shape index (κ1) is 30.0. The summed E-state index contributed by atoms with van der Waals surface area (Å²) >= 11 is 5.60. The number of aliphatic hydroxyl groups excluding tert-OH is 1. The summed E-state index contributed by atoms with van der Waals surface area (Å²) in [5.74, 6) is 0.205. The van der Waals surface area contributed by atoms with Crippen LogP contribution in [0, 0.1) is 0 Å². The maximum Gasteiger partial charge on any atom is 0.327 e. The number of alkyl halides is 1. The largest absolute Gasteiger partial charge is 0.462 e. The van der Waals surface area contributed by atoms with Crippen LogP contribution in [0.3, 0.4) is 0 Å². The van der Waals surface area contributed by atoms with E-state index in [-0.39, 0.29) is 24.3 Å². The van der Waals surface area contributed by atoms with E-state index in [2.05, 4.69) is 20.3 Å². The molecule has 0 saturated carbocycles. The lowest BCUT2D eigenvalue weighted by Gasteiger charge is -2.29. The molecule has 1 fully saturated rings. The summed E-state index contributed by atoms with van der Waals surface area (Å²) in [6.45, 7) is 5.99. The molecule has 0 bridgehead atoms. The Morgan fingerprint density at radius 2 is 2.05 bits per heavy atom.